The quantitative estimate of drug-likeness (QED) is 0.849. The molecule has 3 rings (SSSR count). The van der Waals surface area contributed by atoms with Crippen molar-refractivity contribution in [3.8, 4) is 0 Å². The fraction of sp³-hybridized carbons (Fsp3) is 0.278. The van der Waals surface area contributed by atoms with Gasteiger partial charge in [0, 0.05) is 24.1 Å². The van der Waals surface area contributed by atoms with Crippen LogP contribution < -0.4 is 11.1 Å². The molecule has 1 aliphatic heterocycles. The van der Waals surface area contributed by atoms with E-state index in [0.29, 0.717) is 13.0 Å². The van der Waals surface area contributed by atoms with Gasteiger partial charge < -0.3 is 11.1 Å². The van der Waals surface area contributed by atoms with Crippen LogP contribution in [0.4, 0.5) is 5.69 Å². The summed E-state index contributed by atoms with van der Waals surface area (Å²) in [5.74, 6) is 0.118. The van der Waals surface area contributed by atoms with Gasteiger partial charge in [-0.15, -0.1) is 0 Å². The van der Waals surface area contributed by atoms with E-state index < -0.39 is 0 Å². The van der Waals surface area contributed by atoms with E-state index in [9.17, 15) is 4.79 Å². The maximum Gasteiger partial charge on any atom is 0.221 e. The predicted octanol–water partition coefficient (Wildman–Crippen LogP) is 2.58. The van der Waals surface area contributed by atoms with Crippen LogP contribution in [0.3, 0.4) is 0 Å². The Labute approximate surface area is 125 Å². The maximum atomic E-state index is 11.9. The summed E-state index contributed by atoms with van der Waals surface area (Å²) in [4.78, 5) is 11.9. The molecule has 1 fully saturated rings. The lowest BCUT2D eigenvalue weighted by atomic mass is 9.73. The van der Waals surface area contributed by atoms with Gasteiger partial charge in [0.25, 0.3) is 0 Å². The molecule has 1 unspecified atom stereocenters. The first-order chi connectivity index (χ1) is 10.1. The number of anilines is 1. The Hall–Kier alpha value is -2.29. The zero-order valence-electron chi connectivity index (χ0n) is 12.2. The van der Waals surface area contributed by atoms with E-state index in [1.165, 1.54) is 11.1 Å². The largest absolute Gasteiger partial charge is 0.399 e. The van der Waals surface area contributed by atoms with Crippen molar-refractivity contribution >= 4 is 11.6 Å². The van der Waals surface area contributed by atoms with Crippen LogP contribution in [0.25, 0.3) is 0 Å². The summed E-state index contributed by atoms with van der Waals surface area (Å²) >= 11 is 0. The maximum absolute atomic E-state index is 11.9. The Morgan fingerprint density at radius 3 is 2.57 bits per heavy atom. The molecule has 0 spiro atoms. The first-order valence-electron chi connectivity index (χ1n) is 7.27. The van der Waals surface area contributed by atoms with Crippen molar-refractivity contribution in [1.29, 1.82) is 0 Å². The zero-order valence-corrected chi connectivity index (χ0v) is 12.2. The Morgan fingerprint density at radius 2 is 1.90 bits per heavy atom. The highest BCUT2D eigenvalue weighted by atomic mass is 16.1. The van der Waals surface area contributed by atoms with E-state index in [0.717, 1.165) is 17.7 Å². The van der Waals surface area contributed by atoms with E-state index in [-0.39, 0.29) is 11.3 Å². The van der Waals surface area contributed by atoms with Crippen molar-refractivity contribution in [3.63, 3.8) is 0 Å². The molecule has 21 heavy (non-hydrogen) atoms. The fourth-order valence-corrected chi connectivity index (χ4v) is 3.33. The van der Waals surface area contributed by atoms with Crippen LogP contribution in [-0.2, 0) is 16.6 Å². The first-order valence-corrected chi connectivity index (χ1v) is 7.27. The van der Waals surface area contributed by atoms with Gasteiger partial charge in [-0.05, 0) is 36.1 Å². The zero-order chi connectivity index (χ0) is 14.9. The molecule has 0 saturated carbocycles. The summed E-state index contributed by atoms with van der Waals surface area (Å²) in [5.41, 5.74) is 10.2. The first kappa shape index (κ1) is 13.7. The Bertz CT molecular complexity index is 666. The molecule has 1 saturated heterocycles. The van der Waals surface area contributed by atoms with Gasteiger partial charge in [-0.2, -0.15) is 0 Å². The number of nitrogens with two attached hydrogens (primary N) is 1. The summed E-state index contributed by atoms with van der Waals surface area (Å²) in [5, 5.41) is 3.00. The van der Waals surface area contributed by atoms with Crippen LogP contribution in [0.1, 0.15) is 23.1 Å². The molecule has 2 aromatic carbocycles. The molecule has 3 heteroatoms. The van der Waals surface area contributed by atoms with E-state index in [4.69, 9.17) is 5.73 Å². The van der Waals surface area contributed by atoms with Crippen LogP contribution in [0, 0.1) is 6.92 Å². The number of benzene rings is 2. The summed E-state index contributed by atoms with van der Waals surface area (Å²) in [7, 11) is 0. The Balaban J connectivity index is 2.05. The number of amides is 1. The smallest absolute Gasteiger partial charge is 0.221 e. The third-order valence-corrected chi connectivity index (χ3v) is 4.46. The van der Waals surface area contributed by atoms with Gasteiger partial charge in [-0.1, -0.05) is 42.5 Å². The second-order valence-electron chi connectivity index (χ2n) is 5.92. The summed E-state index contributed by atoms with van der Waals surface area (Å²) in [6.07, 6.45) is 1.36. The Kier molecular flexibility index (Phi) is 3.42. The van der Waals surface area contributed by atoms with Crippen molar-refractivity contribution in [2.24, 2.45) is 0 Å². The number of carbonyl (C=O) groups is 1. The van der Waals surface area contributed by atoms with Gasteiger partial charge >= 0.3 is 0 Å². The van der Waals surface area contributed by atoms with Crippen LogP contribution in [0.2, 0.25) is 0 Å². The number of hydrogen-bond donors (Lipinski definition) is 2. The average molecular weight is 280 g/mol. The van der Waals surface area contributed by atoms with Crippen LogP contribution in [0.5, 0.6) is 0 Å². The minimum Gasteiger partial charge on any atom is -0.399 e. The monoisotopic (exact) mass is 280 g/mol. The second-order valence-corrected chi connectivity index (χ2v) is 5.92. The lowest BCUT2D eigenvalue weighted by Crippen LogP contribution is -2.32. The van der Waals surface area contributed by atoms with Gasteiger partial charge in [-0.3, -0.25) is 4.79 Å². The number of nitrogens with one attached hydrogen (secondary N) is 1. The highest BCUT2D eigenvalue weighted by Crippen LogP contribution is 2.38. The van der Waals surface area contributed by atoms with Crippen LogP contribution >= 0.6 is 0 Å². The van der Waals surface area contributed by atoms with Gasteiger partial charge in [0.05, 0.1) is 0 Å². The molecule has 1 aliphatic rings. The second kappa shape index (κ2) is 5.24. The van der Waals surface area contributed by atoms with Crippen LogP contribution in [0.15, 0.2) is 48.5 Å². The SMILES string of the molecule is Cc1c(N)cccc1C1(Cc2ccccc2)CNC(=O)C1. The topological polar surface area (TPSA) is 55.1 Å². The molecule has 0 radical (unpaired) electrons. The lowest BCUT2D eigenvalue weighted by molar-refractivity contribution is -0.119. The van der Waals surface area contributed by atoms with E-state index >= 15 is 0 Å². The summed E-state index contributed by atoms with van der Waals surface area (Å²) < 4.78 is 0. The van der Waals surface area contributed by atoms with Crippen molar-refractivity contribution in [3.05, 3.63) is 65.2 Å². The number of carbonyl (C=O) groups excluding carboxylic acids is 1. The average Bonchev–Trinajstić information content (AvgIpc) is 2.85. The molecule has 1 amide bonds. The normalized spacial score (nSPS) is 21.3. The minimum absolute atomic E-state index is 0.118. The number of hydrogen-bond acceptors (Lipinski definition) is 2. The predicted molar refractivity (Wildman–Crippen MR) is 85.0 cm³/mol. The summed E-state index contributed by atoms with van der Waals surface area (Å²) in [6, 6.07) is 16.3. The standard InChI is InChI=1S/C18H20N2O/c1-13-15(8-5-9-16(13)19)18(11-17(21)20-12-18)10-14-6-3-2-4-7-14/h2-9H,10-12,19H2,1H3,(H,20,21). The van der Waals surface area contributed by atoms with Crippen molar-refractivity contribution < 1.29 is 4.79 Å². The number of nitrogen functional groups attached to an aromatic ring is 1. The van der Waals surface area contributed by atoms with Crippen molar-refractivity contribution in [2.75, 3.05) is 12.3 Å². The molecule has 1 atom stereocenters. The molecule has 108 valence electrons. The summed E-state index contributed by atoms with van der Waals surface area (Å²) in [6.45, 7) is 2.71. The van der Waals surface area contributed by atoms with Crippen LogP contribution in [-0.4, -0.2) is 12.5 Å². The van der Waals surface area contributed by atoms with E-state index in [1.807, 2.05) is 37.3 Å². The molecule has 1 heterocycles. The molecule has 0 bridgehead atoms. The van der Waals surface area contributed by atoms with E-state index in [2.05, 4.69) is 23.5 Å². The molecule has 0 aliphatic carbocycles. The van der Waals surface area contributed by atoms with Crippen molar-refractivity contribution in [1.82, 2.24) is 5.32 Å². The number of rotatable bonds is 3. The van der Waals surface area contributed by atoms with Gasteiger partial charge in [0.15, 0.2) is 0 Å². The molecule has 3 N–H and O–H groups in total. The van der Waals surface area contributed by atoms with Gasteiger partial charge in [0.2, 0.25) is 5.91 Å². The highest BCUT2D eigenvalue weighted by molar-refractivity contribution is 5.81. The van der Waals surface area contributed by atoms with E-state index in [1.54, 1.807) is 0 Å². The molecule has 2 aromatic rings. The molecule has 0 aromatic heterocycles. The third-order valence-electron chi connectivity index (χ3n) is 4.46. The fourth-order valence-electron chi connectivity index (χ4n) is 3.33. The third kappa shape index (κ3) is 2.51. The molecular weight excluding hydrogens is 260 g/mol. The Morgan fingerprint density at radius 1 is 1.14 bits per heavy atom. The minimum atomic E-state index is -0.197. The molecule has 3 nitrogen and oxygen atoms in total. The van der Waals surface area contributed by atoms with Gasteiger partial charge in [-0.25, -0.2) is 0 Å². The van der Waals surface area contributed by atoms with Gasteiger partial charge in [0.1, 0.15) is 0 Å². The highest BCUT2D eigenvalue weighted by Gasteiger charge is 2.41. The molecular formula is C18H20N2O. The lowest BCUT2D eigenvalue weighted by Gasteiger charge is -2.30. The van der Waals surface area contributed by atoms with Crippen molar-refractivity contribution in [2.45, 2.75) is 25.2 Å².